The molecule has 0 spiro atoms. The molecule has 0 atom stereocenters. The van der Waals surface area contributed by atoms with Gasteiger partial charge in [-0.05, 0) is 27.3 Å². The van der Waals surface area contributed by atoms with E-state index >= 15 is 0 Å². The van der Waals surface area contributed by atoms with E-state index in [0.29, 0.717) is 12.8 Å². The fourth-order valence-corrected chi connectivity index (χ4v) is 1.16. The van der Waals surface area contributed by atoms with Gasteiger partial charge in [0, 0.05) is 19.2 Å². The highest BCUT2D eigenvalue weighted by Crippen LogP contribution is 1.96. The van der Waals surface area contributed by atoms with E-state index in [4.69, 9.17) is 9.47 Å². The highest BCUT2D eigenvalue weighted by Gasteiger charge is 2.05. The first-order valence-electron chi connectivity index (χ1n) is 5.11. The van der Waals surface area contributed by atoms with Crippen molar-refractivity contribution in [2.75, 3.05) is 33.1 Å². The molecule has 13 heavy (non-hydrogen) atoms. The van der Waals surface area contributed by atoms with Crippen molar-refractivity contribution in [1.29, 1.82) is 0 Å². The van der Waals surface area contributed by atoms with Crippen molar-refractivity contribution in [3.05, 3.63) is 0 Å². The Kier molecular flexibility index (Phi) is 8.40. The van der Waals surface area contributed by atoms with Crippen LogP contribution in [0, 0.1) is 0 Å². The zero-order valence-electron chi connectivity index (χ0n) is 9.38. The van der Waals surface area contributed by atoms with Crippen LogP contribution >= 0.6 is 0 Å². The van der Waals surface area contributed by atoms with Crippen molar-refractivity contribution in [1.82, 2.24) is 4.90 Å². The van der Waals surface area contributed by atoms with Crippen LogP contribution in [0.5, 0.6) is 0 Å². The average molecular weight is 189 g/mol. The Morgan fingerprint density at radius 2 is 1.85 bits per heavy atom. The minimum atomic E-state index is 0.423. The van der Waals surface area contributed by atoms with E-state index in [1.54, 1.807) is 0 Å². The van der Waals surface area contributed by atoms with Gasteiger partial charge in [-0.3, -0.25) is 4.90 Å². The highest BCUT2D eigenvalue weighted by atomic mass is 16.7. The minimum absolute atomic E-state index is 0.423. The zero-order valence-corrected chi connectivity index (χ0v) is 9.38. The first-order valence-corrected chi connectivity index (χ1v) is 5.11. The quantitative estimate of drug-likeness (QED) is 0.429. The lowest BCUT2D eigenvalue weighted by atomic mass is 10.3. The molecule has 80 valence electrons. The molecule has 0 bridgehead atoms. The second kappa shape index (κ2) is 8.48. The van der Waals surface area contributed by atoms with Crippen molar-refractivity contribution in [2.45, 2.75) is 33.7 Å². The third-order valence-electron chi connectivity index (χ3n) is 2.03. The SMILES string of the molecule is CCOCOCCN(CC)C(C)C. The Balaban J connectivity index is 3.28. The molecule has 0 aliphatic rings. The van der Waals surface area contributed by atoms with Gasteiger partial charge >= 0.3 is 0 Å². The Labute approximate surface area is 82.0 Å². The van der Waals surface area contributed by atoms with Crippen LogP contribution in [0.25, 0.3) is 0 Å². The fraction of sp³-hybridized carbons (Fsp3) is 1.00. The molecule has 0 amide bonds. The van der Waals surface area contributed by atoms with Crippen LogP contribution in [-0.2, 0) is 9.47 Å². The normalized spacial score (nSPS) is 11.5. The van der Waals surface area contributed by atoms with Crippen LogP contribution in [0.15, 0.2) is 0 Å². The topological polar surface area (TPSA) is 21.7 Å². The van der Waals surface area contributed by atoms with Gasteiger partial charge in [0.15, 0.2) is 0 Å². The Morgan fingerprint density at radius 1 is 1.15 bits per heavy atom. The molecule has 3 heteroatoms. The lowest BCUT2D eigenvalue weighted by Gasteiger charge is -2.24. The molecule has 0 aromatic heterocycles. The molecule has 0 saturated carbocycles. The number of rotatable bonds is 8. The second-order valence-electron chi connectivity index (χ2n) is 3.24. The summed E-state index contributed by atoms with van der Waals surface area (Å²) in [6, 6.07) is 0.598. The molecule has 0 rings (SSSR count). The minimum Gasteiger partial charge on any atom is -0.356 e. The third kappa shape index (κ3) is 6.99. The largest absolute Gasteiger partial charge is 0.356 e. The van der Waals surface area contributed by atoms with E-state index in [9.17, 15) is 0 Å². The van der Waals surface area contributed by atoms with Crippen LogP contribution in [-0.4, -0.2) is 44.0 Å². The summed E-state index contributed by atoms with van der Waals surface area (Å²) < 4.78 is 10.4. The van der Waals surface area contributed by atoms with Crippen molar-refractivity contribution >= 4 is 0 Å². The Hall–Kier alpha value is -0.120. The highest BCUT2D eigenvalue weighted by molar-refractivity contribution is 4.59. The molecular formula is C10H23NO2. The van der Waals surface area contributed by atoms with E-state index in [1.165, 1.54) is 0 Å². The number of ether oxygens (including phenoxy) is 2. The number of hydrogen-bond acceptors (Lipinski definition) is 3. The van der Waals surface area contributed by atoms with Gasteiger partial charge in [0.1, 0.15) is 6.79 Å². The Morgan fingerprint density at radius 3 is 2.31 bits per heavy atom. The number of hydrogen-bond donors (Lipinski definition) is 0. The fourth-order valence-electron chi connectivity index (χ4n) is 1.16. The molecule has 0 aromatic carbocycles. The molecule has 0 aliphatic carbocycles. The van der Waals surface area contributed by atoms with Gasteiger partial charge in [0.05, 0.1) is 6.61 Å². The summed E-state index contributed by atoms with van der Waals surface area (Å²) in [5.41, 5.74) is 0. The van der Waals surface area contributed by atoms with Crippen molar-refractivity contribution in [3.8, 4) is 0 Å². The standard InChI is InChI=1S/C10H23NO2/c1-5-11(10(3)4)7-8-13-9-12-6-2/h10H,5-9H2,1-4H3. The van der Waals surface area contributed by atoms with E-state index in [1.807, 2.05) is 6.92 Å². The van der Waals surface area contributed by atoms with E-state index in [2.05, 4.69) is 25.7 Å². The van der Waals surface area contributed by atoms with Crippen molar-refractivity contribution < 1.29 is 9.47 Å². The maximum Gasteiger partial charge on any atom is 0.146 e. The van der Waals surface area contributed by atoms with E-state index < -0.39 is 0 Å². The van der Waals surface area contributed by atoms with Gasteiger partial charge in [-0.25, -0.2) is 0 Å². The van der Waals surface area contributed by atoms with Gasteiger partial charge in [-0.1, -0.05) is 6.92 Å². The van der Waals surface area contributed by atoms with Gasteiger partial charge in [-0.15, -0.1) is 0 Å². The van der Waals surface area contributed by atoms with Gasteiger partial charge in [-0.2, -0.15) is 0 Å². The third-order valence-corrected chi connectivity index (χ3v) is 2.03. The second-order valence-corrected chi connectivity index (χ2v) is 3.24. The lowest BCUT2D eigenvalue weighted by molar-refractivity contribution is -0.0553. The summed E-state index contributed by atoms with van der Waals surface area (Å²) in [4.78, 5) is 2.37. The van der Waals surface area contributed by atoms with Gasteiger partial charge in [0.2, 0.25) is 0 Å². The van der Waals surface area contributed by atoms with Gasteiger partial charge < -0.3 is 9.47 Å². The maximum atomic E-state index is 5.29. The molecule has 0 unspecified atom stereocenters. The molecule has 0 radical (unpaired) electrons. The van der Waals surface area contributed by atoms with E-state index in [-0.39, 0.29) is 0 Å². The van der Waals surface area contributed by atoms with Crippen LogP contribution in [0.2, 0.25) is 0 Å². The predicted octanol–water partition coefficient (Wildman–Crippen LogP) is 1.73. The first-order chi connectivity index (χ1) is 6.22. The smallest absolute Gasteiger partial charge is 0.146 e. The lowest BCUT2D eigenvalue weighted by Crippen LogP contribution is -2.33. The van der Waals surface area contributed by atoms with Crippen LogP contribution in [0.4, 0.5) is 0 Å². The molecule has 3 nitrogen and oxygen atoms in total. The number of nitrogens with zero attached hydrogens (tertiary/aromatic N) is 1. The summed E-state index contributed by atoms with van der Waals surface area (Å²) in [6.07, 6.45) is 0. The van der Waals surface area contributed by atoms with Crippen LogP contribution in [0.3, 0.4) is 0 Å². The molecule has 0 fully saturated rings. The van der Waals surface area contributed by atoms with Crippen LogP contribution < -0.4 is 0 Å². The van der Waals surface area contributed by atoms with Crippen molar-refractivity contribution in [3.63, 3.8) is 0 Å². The van der Waals surface area contributed by atoms with Crippen LogP contribution in [0.1, 0.15) is 27.7 Å². The zero-order chi connectivity index (χ0) is 10.1. The molecule has 0 saturated heterocycles. The maximum absolute atomic E-state index is 5.29. The number of likely N-dealkylation sites (N-methyl/N-ethyl adjacent to an activating group) is 1. The molecule has 0 N–H and O–H groups in total. The summed E-state index contributed by atoms with van der Waals surface area (Å²) in [5, 5.41) is 0. The summed E-state index contributed by atoms with van der Waals surface area (Å²) in [5.74, 6) is 0. The average Bonchev–Trinajstić information content (AvgIpc) is 2.10. The molecule has 0 aromatic rings. The monoisotopic (exact) mass is 189 g/mol. The summed E-state index contributed by atoms with van der Waals surface area (Å²) in [7, 11) is 0. The van der Waals surface area contributed by atoms with Crippen molar-refractivity contribution in [2.24, 2.45) is 0 Å². The van der Waals surface area contributed by atoms with Gasteiger partial charge in [0.25, 0.3) is 0 Å². The molecular weight excluding hydrogens is 166 g/mol. The van der Waals surface area contributed by atoms with E-state index in [0.717, 1.165) is 26.3 Å². The molecule has 0 heterocycles. The Bertz CT molecular complexity index is 107. The molecule has 0 aliphatic heterocycles. The summed E-state index contributed by atoms with van der Waals surface area (Å²) >= 11 is 0. The summed E-state index contributed by atoms with van der Waals surface area (Å²) in [6.45, 7) is 12.5. The first kappa shape index (κ1) is 12.9. The predicted molar refractivity (Wildman–Crippen MR) is 54.8 cm³/mol.